The minimum absolute atomic E-state index is 0.0321. The van der Waals surface area contributed by atoms with E-state index in [9.17, 15) is 9.18 Å². The van der Waals surface area contributed by atoms with Crippen LogP contribution in [0.5, 0.6) is 0 Å². The van der Waals surface area contributed by atoms with E-state index < -0.39 is 0 Å². The highest BCUT2D eigenvalue weighted by atomic mass is 19.1. The molecule has 6 N–H and O–H groups in total. The lowest BCUT2D eigenvalue weighted by atomic mass is 10.0. The first-order chi connectivity index (χ1) is 15.4. The number of aryl methyl sites for hydroxylation is 1. The van der Waals surface area contributed by atoms with Crippen molar-refractivity contribution in [2.75, 3.05) is 10.6 Å². The minimum atomic E-state index is -0.381. The number of hydrogen-bond donors (Lipinski definition) is 5. The predicted octanol–water partition coefficient (Wildman–Crippen LogP) is 4.31. The summed E-state index contributed by atoms with van der Waals surface area (Å²) in [5.74, 6) is 0.506. The lowest BCUT2D eigenvalue weighted by Crippen LogP contribution is -2.40. The molecule has 0 spiro atoms. The Morgan fingerprint density at radius 3 is 2.81 bits per heavy atom. The molecule has 168 valence electrons. The van der Waals surface area contributed by atoms with E-state index in [4.69, 9.17) is 5.73 Å². The van der Waals surface area contributed by atoms with Gasteiger partial charge in [-0.1, -0.05) is 20.3 Å². The molecule has 0 saturated heterocycles. The highest BCUT2D eigenvalue weighted by Gasteiger charge is 2.18. The zero-order chi connectivity index (χ0) is 22.8. The summed E-state index contributed by atoms with van der Waals surface area (Å²) in [7, 11) is 0. The SMILES string of the molecule is CCCC(Nc1cc2cn[nH]c(=O)c2c(Nc2cc(F)cc3c(C)c[nH]c23)n1)C(N)CC. The van der Waals surface area contributed by atoms with Crippen LogP contribution < -0.4 is 21.9 Å². The highest BCUT2D eigenvalue weighted by Crippen LogP contribution is 2.31. The molecular formula is C23H28FN7O. The molecule has 0 fully saturated rings. The van der Waals surface area contributed by atoms with Crippen molar-refractivity contribution in [1.82, 2.24) is 20.2 Å². The van der Waals surface area contributed by atoms with Crippen molar-refractivity contribution in [3.8, 4) is 0 Å². The number of aromatic nitrogens is 4. The quantitative estimate of drug-likeness (QED) is 0.280. The molecule has 0 bridgehead atoms. The summed E-state index contributed by atoms with van der Waals surface area (Å²) < 4.78 is 14.3. The Morgan fingerprint density at radius 2 is 2.06 bits per heavy atom. The molecule has 4 aromatic rings. The average molecular weight is 438 g/mol. The van der Waals surface area contributed by atoms with Crippen LogP contribution in [-0.2, 0) is 0 Å². The molecule has 8 nitrogen and oxygen atoms in total. The molecule has 4 rings (SSSR count). The first-order valence-electron chi connectivity index (χ1n) is 10.9. The van der Waals surface area contributed by atoms with E-state index in [2.05, 4.69) is 37.7 Å². The van der Waals surface area contributed by atoms with Crippen molar-refractivity contribution in [2.24, 2.45) is 5.73 Å². The fourth-order valence-electron chi connectivity index (χ4n) is 4.02. The second kappa shape index (κ2) is 8.96. The number of pyridine rings is 1. The molecule has 0 aliphatic carbocycles. The minimum Gasteiger partial charge on any atom is -0.366 e. The summed E-state index contributed by atoms with van der Waals surface area (Å²) in [6.45, 7) is 6.06. The summed E-state index contributed by atoms with van der Waals surface area (Å²) >= 11 is 0. The Kier molecular flexibility index (Phi) is 6.09. The zero-order valence-corrected chi connectivity index (χ0v) is 18.4. The molecule has 3 heterocycles. The lowest BCUT2D eigenvalue weighted by Gasteiger charge is -2.25. The smallest absolute Gasteiger partial charge is 0.275 e. The van der Waals surface area contributed by atoms with E-state index >= 15 is 0 Å². The zero-order valence-electron chi connectivity index (χ0n) is 18.4. The van der Waals surface area contributed by atoms with Gasteiger partial charge in [0.2, 0.25) is 0 Å². The molecule has 0 saturated carbocycles. The Bertz CT molecular complexity index is 1310. The number of nitrogens with one attached hydrogen (secondary N) is 4. The first-order valence-corrected chi connectivity index (χ1v) is 10.9. The molecule has 3 aromatic heterocycles. The number of aromatic amines is 2. The van der Waals surface area contributed by atoms with Gasteiger partial charge < -0.3 is 21.4 Å². The van der Waals surface area contributed by atoms with Gasteiger partial charge in [0.1, 0.15) is 17.5 Å². The van der Waals surface area contributed by atoms with Crippen molar-refractivity contribution in [1.29, 1.82) is 0 Å². The maximum atomic E-state index is 14.3. The topological polar surface area (TPSA) is 125 Å². The number of rotatable bonds is 8. The van der Waals surface area contributed by atoms with Crippen LogP contribution in [-0.4, -0.2) is 32.2 Å². The van der Waals surface area contributed by atoms with Crippen molar-refractivity contribution < 1.29 is 4.39 Å². The maximum absolute atomic E-state index is 14.3. The second-order valence-electron chi connectivity index (χ2n) is 8.10. The van der Waals surface area contributed by atoms with Crippen LogP contribution in [0.15, 0.2) is 35.4 Å². The molecule has 2 atom stereocenters. The summed E-state index contributed by atoms with van der Waals surface area (Å²) in [6.07, 6.45) is 6.07. The maximum Gasteiger partial charge on any atom is 0.275 e. The van der Waals surface area contributed by atoms with Crippen molar-refractivity contribution in [3.05, 3.63) is 52.3 Å². The summed E-state index contributed by atoms with van der Waals surface area (Å²) in [4.78, 5) is 20.4. The van der Waals surface area contributed by atoms with Gasteiger partial charge in [-0.15, -0.1) is 0 Å². The standard InChI is InChI=1S/C23H28FN7O/c1-4-6-17(16(25)5-2)28-19-7-13-11-27-31-23(32)20(13)22(30-19)29-18-9-14(24)8-15-12(3)10-26-21(15)18/h7-11,16-17,26H,4-6,25H2,1-3H3,(H,31,32)(H2,28,29,30). The van der Waals surface area contributed by atoms with Gasteiger partial charge in [0.05, 0.1) is 22.8 Å². The summed E-state index contributed by atoms with van der Waals surface area (Å²) in [5, 5.41) is 14.7. The molecule has 0 amide bonds. The third-order valence-corrected chi connectivity index (χ3v) is 5.78. The molecular weight excluding hydrogens is 409 g/mol. The Labute approximate surface area is 184 Å². The van der Waals surface area contributed by atoms with Crippen LogP contribution >= 0.6 is 0 Å². The molecule has 1 aromatic carbocycles. The van der Waals surface area contributed by atoms with Gasteiger partial charge in [-0.2, -0.15) is 5.10 Å². The van der Waals surface area contributed by atoms with Crippen LogP contribution in [0, 0.1) is 12.7 Å². The van der Waals surface area contributed by atoms with Crippen LogP contribution in [0.3, 0.4) is 0 Å². The van der Waals surface area contributed by atoms with E-state index in [1.807, 2.05) is 20.0 Å². The third kappa shape index (κ3) is 4.16. The van der Waals surface area contributed by atoms with E-state index in [0.717, 1.165) is 35.7 Å². The fraction of sp³-hybridized carbons (Fsp3) is 0.348. The summed E-state index contributed by atoms with van der Waals surface area (Å²) in [6, 6.07) is 4.64. The molecule has 9 heteroatoms. The number of benzene rings is 1. The number of hydrogen-bond acceptors (Lipinski definition) is 6. The first kappa shape index (κ1) is 21.8. The van der Waals surface area contributed by atoms with E-state index in [-0.39, 0.29) is 23.5 Å². The highest BCUT2D eigenvalue weighted by molar-refractivity contribution is 5.99. The normalized spacial score (nSPS) is 13.4. The number of anilines is 3. The lowest BCUT2D eigenvalue weighted by molar-refractivity contribution is 0.505. The Morgan fingerprint density at radius 1 is 1.25 bits per heavy atom. The van der Waals surface area contributed by atoms with Gasteiger partial charge in [0, 0.05) is 29.1 Å². The van der Waals surface area contributed by atoms with E-state index in [1.54, 1.807) is 12.3 Å². The number of nitrogens with two attached hydrogens (primary N) is 1. The summed E-state index contributed by atoms with van der Waals surface area (Å²) in [5.41, 5.74) is 8.08. The molecule has 0 aliphatic rings. The largest absolute Gasteiger partial charge is 0.366 e. The number of fused-ring (bicyclic) bond motifs is 2. The van der Waals surface area contributed by atoms with Crippen LogP contribution in [0.4, 0.5) is 21.7 Å². The van der Waals surface area contributed by atoms with E-state index in [0.29, 0.717) is 28.1 Å². The van der Waals surface area contributed by atoms with Crippen LogP contribution in [0.25, 0.3) is 21.7 Å². The molecule has 32 heavy (non-hydrogen) atoms. The molecule has 2 unspecified atom stereocenters. The third-order valence-electron chi connectivity index (χ3n) is 5.78. The van der Waals surface area contributed by atoms with E-state index in [1.165, 1.54) is 12.1 Å². The van der Waals surface area contributed by atoms with Crippen LogP contribution in [0.1, 0.15) is 38.7 Å². The Balaban J connectivity index is 1.83. The van der Waals surface area contributed by atoms with Crippen molar-refractivity contribution >= 4 is 39.0 Å². The number of H-pyrrole nitrogens is 2. The Hall–Kier alpha value is -3.46. The molecule has 0 radical (unpaired) electrons. The van der Waals surface area contributed by atoms with Gasteiger partial charge in [-0.3, -0.25) is 4.79 Å². The van der Waals surface area contributed by atoms with Crippen molar-refractivity contribution in [2.45, 2.75) is 52.1 Å². The van der Waals surface area contributed by atoms with Gasteiger partial charge in [-0.25, -0.2) is 14.5 Å². The van der Waals surface area contributed by atoms with Gasteiger partial charge >= 0.3 is 0 Å². The van der Waals surface area contributed by atoms with Gasteiger partial charge in [-0.05, 0) is 43.5 Å². The van der Waals surface area contributed by atoms with Gasteiger partial charge in [0.25, 0.3) is 5.56 Å². The number of halogens is 1. The predicted molar refractivity (Wildman–Crippen MR) is 127 cm³/mol. The second-order valence-corrected chi connectivity index (χ2v) is 8.10. The average Bonchev–Trinajstić information content (AvgIpc) is 3.13. The number of nitrogens with zero attached hydrogens (tertiary/aromatic N) is 2. The molecule has 0 aliphatic heterocycles. The fourth-order valence-corrected chi connectivity index (χ4v) is 4.02. The van der Waals surface area contributed by atoms with Crippen LogP contribution in [0.2, 0.25) is 0 Å². The monoisotopic (exact) mass is 437 g/mol. The van der Waals surface area contributed by atoms with Gasteiger partial charge in [0.15, 0.2) is 0 Å². The van der Waals surface area contributed by atoms with Crippen molar-refractivity contribution in [3.63, 3.8) is 0 Å².